The van der Waals surface area contributed by atoms with Crippen LogP contribution >= 0.6 is 27.5 Å². The molecule has 0 aliphatic heterocycles. The lowest BCUT2D eigenvalue weighted by atomic mass is 10.1. The number of ether oxygens (including phenoxy) is 1. The van der Waals surface area contributed by atoms with Crippen molar-refractivity contribution < 1.29 is 19.4 Å². The Morgan fingerprint density at radius 2 is 2.28 bits per heavy atom. The number of carbonyl (C=O) groups is 2. The maximum absolute atomic E-state index is 12.0. The lowest BCUT2D eigenvalue weighted by molar-refractivity contribution is -0.132. The van der Waals surface area contributed by atoms with Crippen LogP contribution in [-0.4, -0.2) is 28.4 Å². The molecule has 0 aliphatic carbocycles. The van der Waals surface area contributed by atoms with Crippen LogP contribution in [0.2, 0.25) is 5.15 Å². The highest BCUT2D eigenvalue weighted by atomic mass is 79.9. The van der Waals surface area contributed by atoms with Gasteiger partial charge in [-0.15, -0.1) is 0 Å². The molecule has 0 unspecified atom stereocenters. The molecule has 0 radical (unpaired) electrons. The first-order valence-electron chi connectivity index (χ1n) is 4.88. The number of aliphatic carboxylic acids is 1. The van der Waals surface area contributed by atoms with Gasteiger partial charge in [0.15, 0.2) is 0 Å². The van der Waals surface area contributed by atoms with Crippen molar-refractivity contribution in [3.8, 4) is 0 Å². The van der Waals surface area contributed by atoms with Gasteiger partial charge in [-0.2, -0.15) is 0 Å². The summed E-state index contributed by atoms with van der Waals surface area (Å²) in [6, 6.07) is 1.40. The van der Waals surface area contributed by atoms with Gasteiger partial charge in [0.25, 0.3) is 0 Å². The molecule has 0 amide bonds. The van der Waals surface area contributed by atoms with Crippen molar-refractivity contribution in [2.45, 2.75) is 6.92 Å². The van der Waals surface area contributed by atoms with Crippen LogP contribution in [0.15, 0.2) is 28.6 Å². The zero-order valence-electron chi connectivity index (χ0n) is 9.31. The molecular formula is C11H9BrClNO4. The van der Waals surface area contributed by atoms with Crippen LogP contribution < -0.4 is 0 Å². The topological polar surface area (TPSA) is 76.5 Å². The van der Waals surface area contributed by atoms with Crippen molar-refractivity contribution in [1.29, 1.82) is 0 Å². The quantitative estimate of drug-likeness (QED) is 0.224. The van der Waals surface area contributed by atoms with Gasteiger partial charge in [-0.05, 0) is 28.9 Å². The molecule has 0 fully saturated rings. The summed E-state index contributed by atoms with van der Waals surface area (Å²) in [6.45, 7) is 1.93. The molecule has 1 heterocycles. The maximum atomic E-state index is 12.0. The van der Waals surface area contributed by atoms with E-state index in [4.69, 9.17) is 21.4 Å². The lowest BCUT2D eigenvalue weighted by Crippen LogP contribution is -2.14. The number of carbonyl (C=O) groups excluding carboxylic acids is 1. The second-order valence-electron chi connectivity index (χ2n) is 3.11. The molecule has 0 aromatic carbocycles. The zero-order valence-corrected chi connectivity index (χ0v) is 11.7. The fourth-order valence-corrected chi connectivity index (χ4v) is 1.62. The summed E-state index contributed by atoms with van der Waals surface area (Å²) >= 11 is 8.89. The Hall–Kier alpha value is -1.40. The Balaban J connectivity index is 3.18. The van der Waals surface area contributed by atoms with E-state index in [9.17, 15) is 9.59 Å². The van der Waals surface area contributed by atoms with Gasteiger partial charge in [0.05, 0.1) is 12.2 Å². The lowest BCUT2D eigenvalue weighted by Gasteiger charge is -2.04. The largest absolute Gasteiger partial charge is 0.500 e. The molecule has 0 aliphatic rings. The molecule has 18 heavy (non-hydrogen) atoms. The number of pyridine rings is 1. The molecular weight excluding hydrogens is 325 g/mol. The number of rotatable bonds is 5. The Morgan fingerprint density at radius 1 is 1.61 bits per heavy atom. The van der Waals surface area contributed by atoms with E-state index in [1.807, 2.05) is 0 Å². The molecule has 0 saturated heterocycles. The SMILES string of the molecule is CCOC=C(C(=O)O)C(=O)c1cc(Br)cnc1Cl. The van der Waals surface area contributed by atoms with Crippen LogP contribution in [0.1, 0.15) is 17.3 Å². The minimum Gasteiger partial charge on any atom is -0.500 e. The van der Waals surface area contributed by atoms with E-state index < -0.39 is 17.3 Å². The Labute approximate surface area is 117 Å². The molecule has 0 atom stereocenters. The van der Waals surface area contributed by atoms with Crippen molar-refractivity contribution in [3.05, 3.63) is 39.3 Å². The van der Waals surface area contributed by atoms with Crippen LogP contribution in [0.4, 0.5) is 0 Å². The molecule has 96 valence electrons. The standard InChI is InChI=1S/C11H9BrClNO4/c1-2-18-5-8(11(16)17)9(15)7-3-6(12)4-14-10(7)13/h3-5H,2H2,1H3,(H,16,17). The highest BCUT2D eigenvalue weighted by Crippen LogP contribution is 2.21. The third kappa shape index (κ3) is 3.54. The van der Waals surface area contributed by atoms with E-state index >= 15 is 0 Å². The molecule has 0 spiro atoms. The summed E-state index contributed by atoms with van der Waals surface area (Å²) in [4.78, 5) is 26.7. The van der Waals surface area contributed by atoms with E-state index in [2.05, 4.69) is 20.9 Å². The maximum Gasteiger partial charge on any atom is 0.342 e. The fourth-order valence-electron chi connectivity index (χ4n) is 1.09. The second-order valence-corrected chi connectivity index (χ2v) is 4.39. The number of carboxylic acids is 1. The molecule has 0 saturated carbocycles. The van der Waals surface area contributed by atoms with Gasteiger partial charge in [-0.1, -0.05) is 11.6 Å². The Bertz CT molecular complexity index is 516. The molecule has 1 N–H and O–H groups in total. The first-order chi connectivity index (χ1) is 8.47. The molecule has 1 aromatic heterocycles. The summed E-state index contributed by atoms with van der Waals surface area (Å²) in [7, 11) is 0. The van der Waals surface area contributed by atoms with Crippen molar-refractivity contribution in [3.63, 3.8) is 0 Å². The fraction of sp³-hybridized carbons (Fsp3) is 0.182. The van der Waals surface area contributed by atoms with Crippen molar-refractivity contribution in [2.75, 3.05) is 6.61 Å². The molecule has 1 aromatic rings. The summed E-state index contributed by atoms with van der Waals surface area (Å²) in [6.07, 6.45) is 2.31. The number of nitrogens with zero attached hydrogens (tertiary/aromatic N) is 1. The molecule has 0 bridgehead atoms. The highest BCUT2D eigenvalue weighted by molar-refractivity contribution is 9.10. The number of aromatic nitrogens is 1. The van der Waals surface area contributed by atoms with Gasteiger partial charge in [0.2, 0.25) is 5.78 Å². The second kappa shape index (κ2) is 6.51. The van der Waals surface area contributed by atoms with Gasteiger partial charge in [0, 0.05) is 10.7 Å². The number of hydrogen-bond acceptors (Lipinski definition) is 4. The van der Waals surface area contributed by atoms with E-state index in [-0.39, 0.29) is 17.3 Å². The number of ketones is 1. The van der Waals surface area contributed by atoms with Gasteiger partial charge in [-0.25, -0.2) is 9.78 Å². The minimum absolute atomic E-state index is 0.000560. The first kappa shape index (κ1) is 14.7. The van der Waals surface area contributed by atoms with E-state index in [0.29, 0.717) is 4.47 Å². The van der Waals surface area contributed by atoms with Gasteiger partial charge < -0.3 is 9.84 Å². The smallest absolute Gasteiger partial charge is 0.342 e. The van der Waals surface area contributed by atoms with Gasteiger partial charge in [-0.3, -0.25) is 4.79 Å². The summed E-state index contributed by atoms with van der Waals surface area (Å²) in [5.74, 6) is -2.14. The van der Waals surface area contributed by atoms with Crippen molar-refractivity contribution in [2.24, 2.45) is 0 Å². The van der Waals surface area contributed by atoms with Gasteiger partial charge in [0.1, 0.15) is 17.0 Å². The van der Waals surface area contributed by atoms with Crippen LogP contribution in [0.25, 0.3) is 0 Å². The number of carboxylic acid groups (broad SMARTS) is 1. The minimum atomic E-state index is -1.38. The first-order valence-corrected chi connectivity index (χ1v) is 6.05. The van der Waals surface area contributed by atoms with Crippen LogP contribution in [0.3, 0.4) is 0 Å². The number of Topliss-reactive ketones (excluding diaryl/α,β-unsaturated/α-hetero) is 1. The average molecular weight is 335 g/mol. The summed E-state index contributed by atoms with van der Waals surface area (Å²) in [5.41, 5.74) is -0.502. The van der Waals surface area contributed by atoms with E-state index in [0.717, 1.165) is 6.26 Å². The van der Waals surface area contributed by atoms with Crippen molar-refractivity contribution >= 4 is 39.3 Å². The monoisotopic (exact) mass is 333 g/mol. The van der Waals surface area contributed by atoms with E-state index in [1.54, 1.807) is 6.92 Å². The van der Waals surface area contributed by atoms with Crippen LogP contribution in [0.5, 0.6) is 0 Å². The van der Waals surface area contributed by atoms with E-state index in [1.165, 1.54) is 12.3 Å². The number of halogens is 2. The summed E-state index contributed by atoms with van der Waals surface area (Å²) < 4.78 is 5.36. The van der Waals surface area contributed by atoms with Crippen LogP contribution in [-0.2, 0) is 9.53 Å². The number of hydrogen-bond donors (Lipinski definition) is 1. The molecule has 7 heteroatoms. The predicted molar refractivity (Wildman–Crippen MR) is 68.6 cm³/mol. The van der Waals surface area contributed by atoms with Gasteiger partial charge >= 0.3 is 5.97 Å². The normalized spacial score (nSPS) is 11.2. The Morgan fingerprint density at radius 3 is 2.83 bits per heavy atom. The summed E-state index contributed by atoms with van der Waals surface area (Å²) in [5, 5.41) is 8.88. The molecule has 5 nitrogen and oxygen atoms in total. The zero-order chi connectivity index (χ0) is 13.7. The van der Waals surface area contributed by atoms with Crippen LogP contribution in [0, 0.1) is 0 Å². The highest BCUT2D eigenvalue weighted by Gasteiger charge is 2.23. The van der Waals surface area contributed by atoms with Crippen molar-refractivity contribution in [1.82, 2.24) is 4.98 Å². The third-order valence-corrected chi connectivity index (χ3v) is 2.63. The third-order valence-electron chi connectivity index (χ3n) is 1.89. The molecule has 1 rings (SSSR count). The predicted octanol–water partition coefficient (Wildman–Crippen LogP) is 2.69. The Kier molecular flexibility index (Phi) is 5.30. The average Bonchev–Trinajstić information content (AvgIpc) is 2.32.